The van der Waals surface area contributed by atoms with Crippen LogP contribution < -0.4 is 19.9 Å². The van der Waals surface area contributed by atoms with E-state index in [9.17, 15) is 4.79 Å². The summed E-state index contributed by atoms with van der Waals surface area (Å²) in [6.45, 7) is 3.32. The van der Waals surface area contributed by atoms with Crippen LogP contribution in [-0.4, -0.2) is 19.1 Å². The summed E-state index contributed by atoms with van der Waals surface area (Å²) in [5.41, 5.74) is 9.58. The van der Waals surface area contributed by atoms with Crippen LogP contribution in [-0.2, 0) is 11.4 Å². The second-order valence-corrected chi connectivity index (χ2v) is 9.20. The molecule has 35 heavy (non-hydrogen) atoms. The average molecular weight is 484 g/mol. The Morgan fingerprint density at radius 2 is 1.91 bits per heavy atom. The largest absolute Gasteiger partial charge is 0.489 e. The Hall–Kier alpha value is -3.95. The predicted molar refractivity (Wildman–Crippen MR) is 139 cm³/mol. The number of amides is 1. The fraction of sp³-hybridized carbons (Fsp3) is 0.207. The van der Waals surface area contributed by atoms with Crippen molar-refractivity contribution in [1.29, 1.82) is 0 Å². The minimum absolute atomic E-state index is 0.200. The first-order chi connectivity index (χ1) is 17.1. The van der Waals surface area contributed by atoms with Gasteiger partial charge in [-0.05, 0) is 53.8 Å². The third-order valence-electron chi connectivity index (χ3n) is 5.91. The summed E-state index contributed by atoms with van der Waals surface area (Å²) >= 11 is 1.71. The highest BCUT2D eigenvalue weighted by atomic mass is 32.1. The number of carbonyl (C=O) groups is 1. The molecule has 5 rings (SSSR count). The molecular formula is C29H25NO4S. The molecule has 6 heteroatoms. The van der Waals surface area contributed by atoms with E-state index in [0.29, 0.717) is 19.8 Å². The Kier molecular flexibility index (Phi) is 6.60. The third kappa shape index (κ3) is 4.96. The van der Waals surface area contributed by atoms with Crippen molar-refractivity contribution in [1.82, 2.24) is 0 Å². The first-order valence-corrected chi connectivity index (χ1v) is 12.3. The topological polar surface area (TPSA) is 70.8 Å². The highest BCUT2D eigenvalue weighted by Gasteiger charge is 2.19. The van der Waals surface area contributed by atoms with E-state index in [0.717, 1.165) is 39.5 Å². The highest BCUT2D eigenvalue weighted by Crippen LogP contribution is 2.44. The van der Waals surface area contributed by atoms with Crippen molar-refractivity contribution in [2.24, 2.45) is 5.73 Å². The van der Waals surface area contributed by atoms with E-state index < -0.39 is 0 Å². The zero-order valence-electron chi connectivity index (χ0n) is 19.4. The van der Waals surface area contributed by atoms with Crippen LogP contribution in [0.2, 0.25) is 0 Å². The van der Waals surface area contributed by atoms with E-state index in [-0.39, 0.29) is 18.2 Å². The van der Waals surface area contributed by atoms with Crippen LogP contribution in [0.5, 0.6) is 17.2 Å². The van der Waals surface area contributed by atoms with Gasteiger partial charge in [0.05, 0.1) is 5.92 Å². The lowest BCUT2D eigenvalue weighted by atomic mass is 9.96. The predicted octanol–water partition coefficient (Wildman–Crippen LogP) is 5.90. The molecule has 176 valence electrons. The fourth-order valence-corrected chi connectivity index (χ4v) is 5.19. The molecule has 2 heterocycles. The molecule has 1 atom stereocenters. The third-order valence-corrected chi connectivity index (χ3v) is 6.87. The van der Waals surface area contributed by atoms with Crippen LogP contribution in [0.15, 0.2) is 66.0 Å². The fourth-order valence-electron chi connectivity index (χ4n) is 4.25. The van der Waals surface area contributed by atoms with Gasteiger partial charge >= 0.3 is 0 Å². The van der Waals surface area contributed by atoms with Crippen LogP contribution in [0.3, 0.4) is 0 Å². The molecule has 1 amide bonds. The maximum atomic E-state index is 11.4. The van der Waals surface area contributed by atoms with Gasteiger partial charge in [-0.2, -0.15) is 0 Å². The monoisotopic (exact) mass is 483 g/mol. The summed E-state index contributed by atoms with van der Waals surface area (Å²) in [7, 11) is 0. The van der Waals surface area contributed by atoms with Gasteiger partial charge in [0.1, 0.15) is 25.6 Å². The molecule has 1 aliphatic rings. The van der Waals surface area contributed by atoms with E-state index in [1.165, 1.54) is 10.1 Å². The normalized spacial score (nSPS) is 13.1. The summed E-state index contributed by atoms with van der Waals surface area (Å²) in [5, 5.41) is 3.34. The van der Waals surface area contributed by atoms with E-state index >= 15 is 0 Å². The van der Waals surface area contributed by atoms with Gasteiger partial charge in [0.15, 0.2) is 11.5 Å². The summed E-state index contributed by atoms with van der Waals surface area (Å²) in [6.07, 6.45) is 0.200. The SMILES string of the molecule is CC#CC(CC(N)=O)c1ccc(OCc2ccc3scc(-c4cccc5c4OCCO5)c3c2)cc1. The maximum absolute atomic E-state index is 11.4. The minimum Gasteiger partial charge on any atom is -0.489 e. The van der Waals surface area contributed by atoms with Crippen molar-refractivity contribution in [3.8, 4) is 40.2 Å². The zero-order valence-corrected chi connectivity index (χ0v) is 20.2. The maximum Gasteiger partial charge on any atom is 0.219 e. The van der Waals surface area contributed by atoms with Crippen LogP contribution >= 0.6 is 11.3 Å². The molecule has 5 nitrogen and oxygen atoms in total. The Bertz CT molecular complexity index is 1430. The first kappa shape index (κ1) is 22.8. The van der Waals surface area contributed by atoms with E-state index in [4.69, 9.17) is 19.9 Å². The zero-order chi connectivity index (χ0) is 24.2. The summed E-state index contributed by atoms with van der Waals surface area (Å²) in [4.78, 5) is 11.4. The van der Waals surface area contributed by atoms with Crippen molar-refractivity contribution < 1.29 is 19.0 Å². The van der Waals surface area contributed by atoms with Gasteiger partial charge in [0, 0.05) is 27.6 Å². The summed E-state index contributed by atoms with van der Waals surface area (Å²) < 4.78 is 19.0. The van der Waals surface area contributed by atoms with Crippen molar-refractivity contribution >= 4 is 27.3 Å². The van der Waals surface area contributed by atoms with Crippen LogP contribution in [0.1, 0.15) is 30.4 Å². The molecule has 4 aromatic rings. The number of rotatable bonds is 7. The molecule has 0 saturated carbocycles. The molecule has 1 aromatic heterocycles. The van der Waals surface area contributed by atoms with E-state index in [1.807, 2.05) is 36.4 Å². The number of ether oxygens (including phenoxy) is 3. The molecule has 0 bridgehead atoms. The molecule has 0 saturated heterocycles. The lowest BCUT2D eigenvalue weighted by Gasteiger charge is -2.20. The van der Waals surface area contributed by atoms with Crippen LogP contribution in [0.25, 0.3) is 21.2 Å². The molecule has 1 unspecified atom stereocenters. The number of benzene rings is 3. The minimum atomic E-state index is -0.364. The van der Waals surface area contributed by atoms with E-state index in [2.05, 4.69) is 41.5 Å². The van der Waals surface area contributed by atoms with Crippen molar-refractivity contribution in [3.63, 3.8) is 0 Å². The second kappa shape index (κ2) is 10.1. The van der Waals surface area contributed by atoms with Crippen molar-refractivity contribution in [2.75, 3.05) is 13.2 Å². The molecule has 1 aliphatic heterocycles. The Morgan fingerprint density at radius 1 is 1.09 bits per heavy atom. The smallest absolute Gasteiger partial charge is 0.219 e. The van der Waals surface area contributed by atoms with Crippen LogP contribution in [0.4, 0.5) is 0 Å². The molecule has 0 fully saturated rings. The van der Waals surface area contributed by atoms with Gasteiger partial charge in [0.25, 0.3) is 0 Å². The van der Waals surface area contributed by atoms with Gasteiger partial charge < -0.3 is 19.9 Å². The molecule has 0 aliphatic carbocycles. The Morgan fingerprint density at radius 3 is 2.71 bits per heavy atom. The lowest BCUT2D eigenvalue weighted by Crippen LogP contribution is -2.15. The molecule has 3 aromatic carbocycles. The number of fused-ring (bicyclic) bond motifs is 2. The number of primary amides is 1. The Labute approximate surface area is 208 Å². The summed E-state index contributed by atoms with van der Waals surface area (Å²) in [5.74, 6) is 7.71. The first-order valence-electron chi connectivity index (χ1n) is 11.4. The highest BCUT2D eigenvalue weighted by molar-refractivity contribution is 7.17. The van der Waals surface area contributed by atoms with Crippen LogP contribution in [0, 0.1) is 11.8 Å². The lowest BCUT2D eigenvalue weighted by molar-refractivity contribution is -0.118. The molecule has 0 radical (unpaired) electrons. The van der Waals surface area contributed by atoms with Gasteiger partial charge in [-0.25, -0.2) is 0 Å². The molecule has 2 N–H and O–H groups in total. The second-order valence-electron chi connectivity index (χ2n) is 8.28. The number of carbonyl (C=O) groups excluding carboxylic acids is 1. The summed E-state index contributed by atoms with van der Waals surface area (Å²) in [6, 6.07) is 20.1. The van der Waals surface area contributed by atoms with E-state index in [1.54, 1.807) is 18.3 Å². The van der Waals surface area contributed by atoms with Crippen molar-refractivity contribution in [3.05, 3.63) is 77.2 Å². The number of hydrogen-bond acceptors (Lipinski definition) is 5. The van der Waals surface area contributed by atoms with Gasteiger partial charge in [-0.1, -0.05) is 36.3 Å². The molecule has 0 spiro atoms. The number of nitrogens with two attached hydrogens (primary N) is 1. The number of para-hydroxylation sites is 1. The quantitative estimate of drug-likeness (QED) is 0.332. The average Bonchev–Trinajstić information content (AvgIpc) is 3.30. The van der Waals surface area contributed by atoms with Gasteiger partial charge in [0.2, 0.25) is 5.91 Å². The molecular weight excluding hydrogens is 458 g/mol. The number of hydrogen-bond donors (Lipinski definition) is 1. The number of thiophene rings is 1. The Balaban J connectivity index is 1.35. The standard InChI is InChI=1S/C29H25NO4S/c1-2-4-21(16-28(30)31)20-8-10-22(11-9-20)34-17-19-7-12-27-24(15-19)25(18-35-27)23-5-3-6-26-29(23)33-14-13-32-26/h3,5-12,15,18,21H,13-14,16-17H2,1H3,(H2,30,31). The van der Waals surface area contributed by atoms with Crippen molar-refractivity contribution in [2.45, 2.75) is 25.9 Å². The van der Waals surface area contributed by atoms with Gasteiger partial charge in [-0.3, -0.25) is 4.79 Å². The van der Waals surface area contributed by atoms with Gasteiger partial charge in [-0.15, -0.1) is 17.3 Å².